The highest BCUT2D eigenvalue weighted by molar-refractivity contribution is 5.84. The van der Waals surface area contributed by atoms with Gasteiger partial charge in [-0.1, -0.05) is 48.6 Å². The van der Waals surface area contributed by atoms with E-state index >= 15 is 0 Å². The van der Waals surface area contributed by atoms with Crippen LogP contribution in [0.3, 0.4) is 0 Å². The van der Waals surface area contributed by atoms with Crippen molar-refractivity contribution in [3.63, 3.8) is 0 Å². The van der Waals surface area contributed by atoms with Crippen molar-refractivity contribution in [3.8, 4) is 0 Å². The molecule has 15 heavy (non-hydrogen) atoms. The Bertz CT molecular complexity index is 458. The smallest absolute Gasteiger partial charge is 0.00853 e. The maximum atomic E-state index is 2.37. The van der Waals surface area contributed by atoms with Crippen LogP contribution >= 0.6 is 0 Å². The minimum Gasteiger partial charge on any atom is -0.0839 e. The first kappa shape index (κ1) is 8.72. The van der Waals surface area contributed by atoms with E-state index in [9.17, 15) is 0 Å². The molecule has 2 aliphatic carbocycles. The van der Waals surface area contributed by atoms with Gasteiger partial charge in [-0.25, -0.2) is 0 Å². The van der Waals surface area contributed by atoms with Crippen molar-refractivity contribution >= 4 is 5.57 Å². The van der Waals surface area contributed by atoms with Crippen molar-refractivity contribution in [1.82, 2.24) is 0 Å². The topological polar surface area (TPSA) is 0 Å². The lowest BCUT2D eigenvalue weighted by molar-refractivity contribution is 0.976. The van der Waals surface area contributed by atoms with Gasteiger partial charge in [-0.2, -0.15) is 0 Å². The first-order chi connectivity index (χ1) is 7.45. The van der Waals surface area contributed by atoms with Gasteiger partial charge in [-0.15, -0.1) is 0 Å². The SMILES string of the molecule is C1=CC2=C(CC1)C(c1ccccc1)=CC2. The van der Waals surface area contributed by atoms with E-state index in [0.717, 1.165) is 6.42 Å². The monoisotopic (exact) mass is 194 g/mol. The summed E-state index contributed by atoms with van der Waals surface area (Å²) >= 11 is 0. The summed E-state index contributed by atoms with van der Waals surface area (Å²) in [7, 11) is 0. The first-order valence-electron chi connectivity index (χ1n) is 5.59. The van der Waals surface area contributed by atoms with E-state index < -0.39 is 0 Å². The van der Waals surface area contributed by atoms with Crippen LogP contribution in [0.2, 0.25) is 0 Å². The number of hydrogen-bond donors (Lipinski definition) is 0. The molecular weight excluding hydrogens is 180 g/mol. The van der Waals surface area contributed by atoms with Crippen LogP contribution in [0, 0.1) is 0 Å². The standard InChI is InChI=1S/C15H14/c1-2-6-12(7-3-1)15-11-10-13-8-4-5-9-14(13)15/h1-4,6-8,11H,5,9-10H2. The van der Waals surface area contributed by atoms with E-state index in [1.54, 1.807) is 5.57 Å². The Kier molecular flexibility index (Phi) is 2.06. The zero-order chi connectivity index (χ0) is 10.1. The highest BCUT2D eigenvalue weighted by Gasteiger charge is 2.18. The molecule has 0 amide bonds. The van der Waals surface area contributed by atoms with E-state index in [1.807, 2.05) is 0 Å². The molecule has 0 saturated carbocycles. The maximum absolute atomic E-state index is 2.37. The van der Waals surface area contributed by atoms with Gasteiger partial charge in [0.05, 0.1) is 0 Å². The lowest BCUT2D eigenvalue weighted by atomic mass is 9.92. The molecule has 0 bridgehead atoms. The molecule has 0 unspecified atom stereocenters. The van der Waals surface area contributed by atoms with Gasteiger partial charge in [-0.3, -0.25) is 0 Å². The summed E-state index contributed by atoms with van der Waals surface area (Å²) in [5.41, 5.74) is 5.94. The summed E-state index contributed by atoms with van der Waals surface area (Å²) in [6.07, 6.45) is 10.5. The molecule has 0 atom stereocenters. The quantitative estimate of drug-likeness (QED) is 0.630. The van der Waals surface area contributed by atoms with Crippen molar-refractivity contribution in [3.05, 3.63) is 65.3 Å². The Morgan fingerprint density at radius 1 is 1.00 bits per heavy atom. The molecule has 2 aliphatic rings. The molecule has 0 aliphatic heterocycles. The summed E-state index contributed by atoms with van der Waals surface area (Å²) in [6.45, 7) is 0. The predicted octanol–water partition coefficient (Wildman–Crippen LogP) is 4.12. The molecule has 0 spiro atoms. The second-order valence-electron chi connectivity index (χ2n) is 4.13. The maximum Gasteiger partial charge on any atom is -0.00853 e. The summed E-state index contributed by atoms with van der Waals surface area (Å²) in [6, 6.07) is 10.7. The first-order valence-corrected chi connectivity index (χ1v) is 5.59. The van der Waals surface area contributed by atoms with E-state index in [0.29, 0.717) is 0 Å². The summed E-state index contributed by atoms with van der Waals surface area (Å²) in [4.78, 5) is 0. The summed E-state index contributed by atoms with van der Waals surface area (Å²) < 4.78 is 0. The molecule has 0 nitrogen and oxygen atoms in total. The van der Waals surface area contributed by atoms with Crippen molar-refractivity contribution in [2.24, 2.45) is 0 Å². The summed E-state index contributed by atoms with van der Waals surface area (Å²) in [5, 5.41) is 0. The van der Waals surface area contributed by atoms with E-state index in [4.69, 9.17) is 0 Å². The van der Waals surface area contributed by atoms with Gasteiger partial charge < -0.3 is 0 Å². The minimum atomic E-state index is 1.12. The van der Waals surface area contributed by atoms with Crippen molar-refractivity contribution in [1.29, 1.82) is 0 Å². The van der Waals surface area contributed by atoms with Crippen LogP contribution < -0.4 is 0 Å². The van der Waals surface area contributed by atoms with Crippen LogP contribution in [0.4, 0.5) is 0 Å². The van der Waals surface area contributed by atoms with Gasteiger partial charge in [0.25, 0.3) is 0 Å². The fraction of sp³-hybridized carbons (Fsp3) is 0.200. The normalized spacial score (nSPS) is 19.1. The van der Waals surface area contributed by atoms with Crippen LogP contribution in [0.1, 0.15) is 24.8 Å². The Morgan fingerprint density at radius 2 is 1.87 bits per heavy atom. The molecule has 74 valence electrons. The van der Waals surface area contributed by atoms with E-state index in [2.05, 4.69) is 48.6 Å². The van der Waals surface area contributed by atoms with Gasteiger partial charge in [0.15, 0.2) is 0 Å². The molecule has 0 heteroatoms. The van der Waals surface area contributed by atoms with Crippen molar-refractivity contribution < 1.29 is 0 Å². The fourth-order valence-electron chi connectivity index (χ4n) is 2.46. The molecule has 0 fully saturated rings. The average molecular weight is 194 g/mol. The van der Waals surface area contributed by atoms with E-state index in [-0.39, 0.29) is 0 Å². The molecule has 0 aromatic heterocycles. The zero-order valence-corrected chi connectivity index (χ0v) is 8.74. The fourth-order valence-corrected chi connectivity index (χ4v) is 2.46. The third-order valence-electron chi connectivity index (χ3n) is 3.20. The second-order valence-corrected chi connectivity index (χ2v) is 4.13. The Labute approximate surface area is 90.6 Å². The molecule has 0 saturated heterocycles. The Hall–Kier alpha value is -1.56. The number of rotatable bonds is 1. The largest absolute Gasteiger partial charge is 0.0839 e. The Morgan fingerprint density at radius 3 is 2.73 bits per heavy atom. The van der Waals surface area contributed by atoms with Gasteiger partial charge in [0, 0.05) is 0 Å². The van der Waals surface area contributed by atoms with Gasteiger partial charge in [0.2, 0.25) is 0 Å². The number of allylic oxidation sites excluding steroid dienone is 6. The number of hydrogen-bond acceptors (Lipinski definition) is 0. The van der Waals surface area contributed by atoms with Crippen LogP contribution in [0.15, 0.2) is 59.7 Å². The van der Waals surface area contributed by atoms with Crippen LogP contribution in [-0.2, 0) is 0 Å². The van der Waals surface area contributed by atoms with Crippen LogP contribution in [0.25, 0.3) is 5.57 Å². The minimum absolute atomic E-state index is 1.12. The van der Waals surface area contributed by atoms with Crippen molar-refractivity contribution in [2.75, 3.05) is 0 Å². The molecule has 0 N–H and O–H groups in total. The molecule has 1 aromatic carbocycles. The average Bonchev–Trinajstić information content (AvgIpc) is 2.74. The third-order valence-corrected chi connectivity index (χ3v) is 3.20. The lowest BCUT2D eigenvalue weighted by Gasteiger charge is -2.12. The zero-order valence-electron chi connectivity index (χ0n) is 8.74. The predicted molar refractivity (Wildman–Crippen MR) is 64.4 cm³/mol. The van der Waals surface area contributed by atoms with E-state index in [1.165, 1.54) is 29.6 Å². The van der Waals surface area contributed by atoms with Crippen LogP contribution in [0.5, 0.6) is 0 Å². The second kappa shape index (κ2) is 3.54. The highest BCUT2D eigenvalue weighted by Crippen LogP contribution is 2.38. The lowest BCUT2D eigenvalue weighted by Crippen LogP contribution is -1.92. The van der Waals surface area contributed by atoms with Gasteiger partial charge >= 0.3 is 0 Å². The number of benzene rings is 1. The highest BCUT2D eigenvalue weighted by atomic mass is 14.2. The molecule has 0 radical (unpaired) electrons. The van der Waals surface area contributed by atoms with Crippen LogP contribution in [-0.4, -0.2) is 0 Å². The van der Waals surface area contributed by atoms with Crippen molar-refractivity contribution in [2.45, 2.75) is 19.3 Å². The van der Waals surface area contributed by atoms with Gasteiger partial charge in [0.1, 0.15) is 0 Å². The van der Waals surface area contributed by atoms with Gasteiger partial charge in [-0.05, 0) is 41.5 Å². The summed E-state index contributed by atoms with van der Waals surface area (Å²) in [5.74, 6) is 0. The molecule has 3 rings (SSSR count). The molecule has 1 aromatic rings. The Balaban J connectivity index is 2.02. The molecular formula is C15H14. The molecule has 0 heterocycles. The third kappa shape index (κ3) is 1.46.